The molecule has 1 aromatic rings. The number of hydrogen-bond acceptors (Lipinski definition) is 5. The van der Waals surface area contributed by atoms with E-state index in [2.05, 4.69) is 10.1 Å². The van der Waals surface area contributed by atoms with Crippen LogP contribution in [0.3, 0.4) is 0 Å². The number of carbonyl (C=O) groups is 1. The fourth-order valence-corrected chi connectivity index (χ4v) is 1.31. The van der Waals surface area contributed by atoms with Crippen LogP contribution in [0.15, 0.2) is 18.2 Å². The molecule has 0 aliphatic rings. The van der Waals surface area contributed by atoms with Gasteiger partial charge >= 0.3 is 5.97 Å². The van der Waals surface area contributed by atoms with Gasteiger partial charge in [-0.2, -0.15) is 0 Å². The van der Waals surface area contributed by atoms with E-state index in [4.69, 9.17) is 10.5 Å². The molecular weight excluding hydrogens is 208 g/mol. The molecule has 0 radical (unpaired) electrons. The van der Waals surface area contributed by atoms with Crippen molar-refractivity contribution in [2.24, 2.45) is 0 Å². The quantitative estimate of drug-likeness (QED) is 0.594. The minimum absolute atomic E-state index is 0.332. The molecule has 1 unspecified atom stereocenters. The van der Waals surface area contributed by atoms with Crippen molar-refractivity contribution in [3.8, 4) is 5.75 Å². The number of nitrogen functional groups attached to an aromatic ring is 1. The molecule has 0 saturated carbocycles. The molecule has 0 fully saturated rings. The summed E-state index contributed by atoms with van der Waals surface area (Å²) in [5.41, 5.74) is 6.97. The van der Waals surface area contributed by atoms with Crippen LogP contribution in [0.25, 0.3) is 0 Å². The van der Waals surface area contributed by atoms with Crippen LogP contribution in [0, 0.1) is 0 Å². The van der Waals surface area contributed by atoms with Crippen LogP contribution in [-0.2, 0) is 9.53 Å². The summed E-state index contributed by atoms with van der Waals surface area (Å²) < 4.78 is 9.67. The molecule has 0 saturated heterocycles. The summed E-state index contributed by atoms with van der Waals surface area (Å²) in [7, 11) is 2.91. The molecule has 0 amide bonds. The SMILES string of the molecule is COC(=O)C(C)Nc1cc(N)cc(OC)c1. The van der Waals surface area contributed by atoms with E-state index >= 15 is 0 Å². The van der Waals surface area contributed by atoms with Crippen LogP contribution in [0.1, 0.15) is 6.92 Å². The third-order valence-corrected chi connectivity index (χ3v) is 2.10. The van der Waals surface area contributed by atoms with Crippen molar-refractivity contribution in [2.75, 3.05) is 25.3 Å². The fourth-order valence-electron chi connectivity index (χ4n) is 1.31. The minimum atomic E-state index is -0.434. The largest absolute Gasteiger partial charge is 0.497 e. The number of benzene rings is 1. The number of carbonyl (C=O) groups excluding carboxylic acids is 1. The first-order valence-corrected chi connectivity index (χ1v) is 4.85. The molecule has 1 atom stereocenters. The lowest BCUT2D eigenvalue weighted by atomic mass is 10.2. The Kier molecular flexibility index (Phi) is 3.99. The van der Waals surface area contributed by atoms with E-state index in [1.54, 1.807) is 32.2 Å². The highest BCUT2D eigenvalue weighted by Gasteiger charge is 2.12. The molecule has 1 rings (SSSR count). The Hall–Kier alpha value is -1.91. The van der Waals surface area contributed by atoms with Crippen molar-refractivity contribution in [3.63, 3.8) is 0 Å². The van der Waals surface area contributed by atoms with Crippen LogP contribution in [-0.4, -0.2) is 26.2 Å². The highest BCUT2D eigenvalue weighted by Crippen LogP contribution is 2.22. The van der Waals surface area contributed by atoms with E-state index in [1.807, 2.05) is 0 Å². The van der Waals surface area contributed by atoms with E-state index in [1.165, 1.54) is 7.11 Å². The Morgan fingerprint density at radius 2 is 2.06 bits per heavy atom. The van der Waals surface area contributed by atoms with Gasteiger partial charge in [0.15, 0.2) is 0 Å². The van der Waals surface area contributed by atoms with Crippen LogP contribution < -0.4 is 15.8 Å². The molecule has 0 aromatic heterocycles. The Labute approximate surface area is 94.5 Å². The summed E-state index contributed by atoms with van der Waals surface area (Å²) in [6.45, 7) is 1.71. The van der Waals surface area contributed by atoms with Crippen LogP contribution in [0.4, 0.5) is 11.4 Å². The standard InChI is InChI=1S/C11H16N2O3/c1-7(11(14)16-3)13-9-4-8(12)5-10(6-9)15-2/h4-7,13H,12H2,1-3H3. The van der Waals surface area contributed by atoms with Gasteiger partial charge in [-0.1, -0.05) is 0 Å². The Morgan fingerprint density at radius 3 is 2.62 bits per heavy atom. The molecule has 16 heavy (non-hydrogen) atoms. The van der Waals surface area contributed by atoms with E-state index in [0.717, 1.165) is 5.69 Å². The van der Waals surface area contributed by atoms with E-state index in [0.29, 0.717) is 11.4 Å². The van der Waals surface area contributed by atoms with Crippen molar-refractivity contribution in [3.05, 3.63) is 18.2 Å². The normalized spacial score (nSPS) is 11.7. The van der Waals surface area contributed by atoms with E-state index in [-0.39, 0.29) is 5.97 Å². The van der Waals surface area contributed by atoms with Gasteiger partial charge in [-0.15, -0.1) is 0 Å². The van der Waals surface area contributed by atoms with E-state index in [9.17, 15) is 4.79 Å². The Morgan fingerprint density at radius 1 is 1.38 bits per heavy atom. The average molecular weight is 224 g/mol. The number of anilines is 2. The monoisotopic (exact) mass is 224 g/mol. The maximum absolute atomic E-state index is 11.2. The second kappa shape index (κ2) is 5.25. The van der Waals surface area contributed by atoms with Gasteiger partial charge in [0.1, 0.15) is 11.8 Å². The van der Waals surface area contributed by atoms with Crippen molar-refractivity contribution in [1.29, 1.82) is 0 Å². The van der Waals surface area contributed by atoms with Gasteiger partial charge in [0.25, 0.3) is 0 Å². The van der Waals surface area contributed by atoms with Crippen LogP contribution >= 0.6 is 0 Å². The summed E-state index contributed by atoms with van der Waals surface area (Å²) >= 11 is 0. The van der Waals surface area contributed by atoms with Gasteiger partial charge in [0, 0.05) is 23.5 Å². The molecule has 0 bridgehead atoms. The number of nitrogens with two attached hydrogens (primary N) is 1. The zero-order valence-corrected chi connectivity index (χ0v) is 9.61. The highest BCUT2D eigenvalue weighted by atomic mass is 16.5. The molecular formula is C11H16N2O3. The molecule has 5 heteroatoms. The molecule has 88 valence electrons. The molecule has 5 nitrogen and oxygen atoms in total. The summed E-state index contributed by atoms with van der Waals surface area (Å²) in [6, 6.07) is 4.75. The molecule has 0 aliphatic heterocycles. The Balaban J connectivity index is 2.80. The number of methoxy groups -OCH3 is 2. The number of hydrogen-bond donors (Lipinski definition) is 2. The Bertz CT molecular complexity index is 379. The maximum Gasteiger partial charge on any atom is 0.327 e. The zero-order valence-electron chi connectivity index (χ0n) is 9.61. The third-order valence-electron chi connectivity index (χ3n) is 2.10. The van der Waals surface area contributed by atoms with Gasteiger partial charge in [-0.3, -0.25) is 0 Å². The number of esters is 1. The lowest BCUT2D eigenvalue weighted by molar-refractivity contribution is -0.141. The lowest BCUT2D eigenvalue weighted by Crippen LogP contribution is -2.27. The predicted octanol–water partition coefficient (Wildman–Crippen LogP) is 1.25. The summed E-state index contributed by atoms with van der Waals surface area (Å²) in [6.07, 6.45) is 0. The van der Waals surface area contributed by atoms with Crippen LogP contribution in [0.2, 0.25) is 0 Å². The molecule has 0 heterocycles. The fraction of sp³-hybridized carbons (Fsp3) is 0.364. The first-order chi connectivity index (χ1) is 7.56. The van der Waals surface area contributed by atoms with Crippen molar-refractivity contribution < 1.29 is 14.3 Å². The van der Waals surface area contributed by atoms with Gasteiger partial charge < -0.3 is 20.5 Å². The molecule has 0 spiro atoms. The maximum atomic E-state index is 11.2. The number of ether oxygens (including phenoxy) is 2. The van der Waals surface area contributed by atoms with Crippen LogP contribution in [0.5, 0.6) is 5.75 Å². The van der Waals surface area contributed by atoms with Gasteiger partial charge in [0.05, 0.1) is 14.2 Å². The predicted molar refractivity (Wildman–Crippen MR) is 62.5 cm³/mol. The van der Waals surface area contributed by atoms with Gasteiger partial charge in [-0.05, 0) is 13.0 Å². The highest BCUT2D eigenvalue weighted by molar-refractivity contribution is 5.79. The van der Waals surface area contributed by atoms with Crippen molar-refractivity contribution in [1.82, 2.24) is 0 Å². The van der Waals surface area contributed by atoms with Gasteiger partial charge in [0.2, 0.25) is 0 Å². The zero-order chi connectivity index (χ0) is 12.1. The number of rotatable bonds is 4. The average Bonchev–Trinajstić information content (AvgIpc) is 2.26. The number of nitrogens with one attached hydrogen (secondary N) is 1. The smallest absolute Gasteiger partial charge is 0.327 e. The van der Waals surface area contributed by atoms with Gasteiger partial charge in [-0.25, -0.2) is 4.79 Å². The first-order valence-electron chi connectivity index (χ1n) is 4.85. The second-order valence-corrected chi connectivity index (χ2v) is 3.38. The summed E-state index contributed by atoms with van der Waals surface area (Å²) in [5.74, 6) is 0.306. The second-order valence-electron chi connectivity index (χ2n) is 3.38. The lowest BCUT2D eigenvalue weighted by Gasteiger charge is -2.14. The van der Waals surface area contributed by atoms with Crippen molar-refractivity contribution >= 4 is 17.3 Å². The third kappa shape index (κ3) is 3.05. The molecule has 3 N–H and O–H groups in total. The summed E-state index contributed by atoms with van der Waals surface area (Å²) in [4.78, 5) is 11.2. The van der Waals surface area contributed by atoms with Crippen molar-refractivity contribution in [2.45, 2.75) is 13.0 Å². The summed E-state index contributed by atoms with van der Waals surface area (Å²) in [5, 5.41) is 2.97. The topological polar surface area (TPSA) is 73.6 Å². The molecule has 0 aliphatic carbocycles. The molecule has 1 aromatic carbocycles. The van der Waals surface area contributed by atoms with E-state index < -0.39 is 6.04 Å². The first kappa shape index (κ1) is 12.2. The minimum Gasteiger partial charge on any atom is -0.497 e.